The van der Waals surface area contributed by atoms with Crippen molar-refractivity contribution in [3.05, 3.63) is 46.7 Å². The summed E-state index contributed by atoms with van der Waals surface area (Å²) in [5.41, 5.74) is 0.495. The smallest absolute Gasteiger partial charge is 0.277 e. The second-order valence-electron chi connectivity index (χ2n) is 7.01. The fraction of sp³-hybridized carbons (Fsp3) is 0.350. The maximum Gasteiger partial charge on any atom is 0.277 e. The van der Waals surface area contributed by atoms with E-state index in [1.54, 1.807) is 29.5 Å². The van der Waals surface area contributed by atoms with Gasteiger partial charge in [0.2, 0.25) is 21.8 Å². The molecule has 32 heavy (non-hydrogen) atoms. The molecule has 1 aliphatic heterocycles. The lowest BCUT2D eigenvalue weighted by Gasteiger charge is -2.26. The average Bonchev–Trinajstić information content (AvgIpc) is 3.51. The predicted molar refractivity (Wildman–Crippen MR) is 121 cm³/mol. The lowest BCUT2D eigenvalue weighted by atomic mass is 10.2. The van der Waals surface area contributed by atoms with Crippen molar-refractivity contribution in [1.82, 2.24) is 19.8 Å². The molecule has 0 saturated carbocycles. The molecule has 170 valence electrons. The van der Waals surface area contributed by atoms with Crippen molar-refractivity contribution in [1.29, 1.82) is 0 Å². The third-order valence-corrected chi connectivity index (χ3v) is 8.54. The molecule has 12 heteroatoms. The van der Waals surface area contributed by atoms with Gasteiger partial charge in [-0.05, 0) is 36.6 Å². The SMILES string of the molecule is C[C@@H](NC(=O)CSc1nnc(-c2cccc(S(=O)(=O)N3CCOCC3)c2)o1)c1cccs1. The highest BCUT2D eigenvalue weighted by molar-refractivity contribution is 7.99. The van der Waals surface area contributed by atoms with Gasteiger partial charge < -0.3 is 14.5 Å². The molecular formula is C20H22N4O5S3. The zero-order valence-corrected chi connectivity index (χ0v) is 19.7. The Morgan fingerprint density at radius 1 is 1.25 bits per heavy atom. The van der Waals surface area contributed by atoms with Crippen LogP contribution in [0.3, 0.4) is 0 Å². The maximum atomic E-state index is 12.9. The summed E-state index contributed by atoms with van der Waals surface area (Å²) in [6.07, 6.45) is 0. The number of amides is 1. The van der Waals surface area contributed by atoms with Crippen molar-refractivity contribution >= 4 is 39.0 Å². The van der Waals surface area contributed by atoms with E-state index in [9.17, 15) is 13.2 Å². The van der Waals surface area contributed by atoms with Gasteiger partial charge in [0, 0.05) is 23.5 Å². The number of nitrogens with one attached hydrogen (secondary N) is 1. The van der Waals surface area contributed by atoms with E-state index >= 15 is 0 Å². The number of morpholine rings is 1. The summed E-state index contributed by atoms with van der Waals surface area (Å²) in [7, 11) is -3.63. The van der Waals surface area contributed by atoms with Crippen molar-refractivity contribution in [2.24, 2.45) is 0 Å². The van der Waals surface area contributed by atoms with E-state index < -0.39 is 10.0 Å². The molecule has 1 fully saturated rings. The molecule has 1 saturated heterocycles. The number of hydrogen-bond donors (Lipinski definition) is 1. The van der Waals surface area contributed by atoms with E-state index in [4.69, 9.17) is 9.15 Å². The van der Waals surface area contributed by atoms with E-state index in [0.717, 1.165) is 16.6 Å². The molecule has 1 aliphatic rings. The predicted octanol–water partition coefficient (Wildman–Crippen LogP) is 2.79. The van der Waals surface area contributed by atoms with E-state index in [2.05, 4.69) is 15.5 Å². The van der Waals surface area contributed by atoms with Gasteiger partial charge in [-0.25, -0.2) is 8.42 Å². The minimum Gasteiger partial charge on any atom is -0.411 e. The summed E-state index contributed by atoms with van der Waals surface area (Å²) in [5.74, 6) is 0.177. The standard InChI is InChI=1S/C20H22N4O5S3/c1-14(17-6-3-11-30-17)21-18(25)13-31-20-23-22-19(29-20)15-4-2-5-16(12-15)32(26,27)24-7-9-28-10-8-24/h2-6,11-12,14H,7-10,13H2,1H3,(H,21,25)/t14-/m1/s1. The molecule has 0 aliphatic carbocycles. The van der Waals surface area contributed by atoms with Crippen LogP contribution in [-0.4, -0.2) is 60.9 Å². The number of ether oxygens (including phenoxy) is 1. The summed E-state index contributed by atoms with van der Waals surface area (Å²) in [6.45, 7) is 3.32. The molecule has 3 heterocycles. The molecule has 0 spiro atoms. The van der Waals surface area contributed by atoms with Crippen LogP contribution in [0.4, 0.5) is 0 Å². The van der Waals surface area contributed by atoms with Crippen molar-refractivity contribution in [3.8, 4) is 11.5 Å². The second-order valence-corrected chi connectivity index (χ2v) is 10.9. The van der Waals surface area contributed by atoms with E-state index in [1.165, 1.54) is 10.4 Å². The number of thiophene rings is 1. The van der Waals surface area contributed by atoms with Gasteiger partial charge in [-0.1, -0.05) is 23.9 Å². The first-order valence-electron chi connectivity index (χ1n) is 9.91. The van der Waals surface area contributed by atoms with E-state index in [0.29, 0.717) is 31.9 Å². The number of thioether (sulfide) groups is 1. The lowest BCUT2D eigenvalue weighted by Crippen LogP contribution is -2.40. The summed E-state index contributed by atoms with van der Waals surface area (Å²) < 4.78 is 38.0. The Labute approximate surface area is 194 Å². The average molecular weight is 495 g/mol. The van der Waals surface area contributed by atoms with Crippen LogP contribution in [0.2, 0.25) is 0 Å². The third-order valence-electron chi connectivity index (χ3n) is 4.77. The van der Waals surface area contributed by atoms with Crippen molar-refractivity contribution in [3.63, 3.8) is 0 Å². The first kappa shape index (κ1) is 22.9. The molecule has 9 nitrogen and oxygen atoms in total. The molecule has 0 unspecified atom stereocenters. The Morgan fingerprint density at radius 2 is 2.06 bits per heavy atom. The van der Waals surface area contributed by atoms with Crippen LogP contribution in [-0.2, 0) is 19.6 Å². The monoisotopic (exact) mass is 494 g/mol. The minimum atomic E-state index is -3.63. The van der Waals surface area contributed by atoms with Crippen LogP contribution >= 0.6 is 23.1 Å². The normalized spacial score (nSPS) is 16.0. The Kier molecular flexibility index (Phi) is 7.26. The Morgan fingerprint density at radius 3 is 2.81 bits per heavy atom. The molecule has 1 N–H and O–H groups in total. The van der Waals surface area contributed by atoms with Crippen molar-refractivity contribution in [2.45, 2.75) is 23.1 Å². The summed E-state index contributed by atoms with van der Waals surface area (Å²) in [5, 5.41) is 13.1. The van der Waals surface area contributed by atoms with Gasteiger partial charge in [0.15, 0.2) is 0 Å². The van der Waals surface area contributed by atoms with Crippen molar-refractivity contribution < 1.29 is 22.4 Å². The van der Waals surface area contributed by atoms with Gasteiger partial charge in [-0.15, -0.1) is 21.5 Å². The van der Waals surface area contributed by atoms with Gasteiger partial charge in [-0.3, -0.25) is 4.79 Å². The highest BCUT2D eigenvalue weighted by Crippen LogP contribution is 2.27. The molecule has 2 aromatic heterocycles. The largest absolute Gasteiger partial charge is 0.411 e. The Balaban J connectivity index is 1.39. The molecule has 1 amide bonds. The third kappa shape index (κ3) is 5.38. The van der Waals surface area contributed by atoms with Gasteiger partial charge in [0.25, 0.3) is 5.22 Å². The second kappa shape index (κ2) is 10.1. The fourth-order valence-electron chi connectivity index (χ4n) is 3.13. The summed E-state index contributed by atoms with van der Waals surface area (Å²) in [6, 6.07) is 10.2. The Bertz CT molecular complexity index is 1160. The minimum absolute atomic E-state index is 0.0718. The molecule has 1 atom stereocenters. The topological polar surface area (TPSA) is 115 Å². The molecule has 1 aromatic carbocycles. The van der Waals surface area contributed by atoms with Crippen LogP contribution in [0, 0.1) is 0 Å². The number of carbonyl (C=O) groups excluding carboxylic acids is 1. The lowest BCUT2D eigenvalue weighted by molar-refractivity contribution is -0.119. The summed E-state index contributed by atoms with van der Waals surface area (Å²) in [4.78, 5) is 13.4. The number of nitrogens with zero attached hydrogens (tertiary/aromatic N) is 3. The van der Waals surface area contributed by atoms with Crippen LogP contribution in [0.15, 0.2) is 56.3 Å². The molecule has 3 aromatic rings. The number of rotatable bonds is 8. The van der Waals surface area contributed by atoms with Crippen LogP contribution in [0.5, 0.6) is 0 Å². The fourth-order valence-corrected chi connectivity index (χ4v) is 5.89. The first-order valence-corrected chi connectivity index (χ1v) is 13.2. The van der Waals surface area contributed by atoms with Gasteiger partial charge >= 0.3 is 0 Å². The van der Waals surface area contributed by atoms with Gasteiger partial charge in [0.05, 0.1) is 29.9 Å². The molecular weight excluding hydrogens is 472 g/mol. The quantitative estimate of drug-likeness (QED) is 0.476. The van der Waals surface area contributed by atoms with Gasteiger partial charge in [0.1, 0.15) is 0 Å². The zero-order valence-electron chi connectivity index (χ0n) is 17.3. The number of carbonyl (C=O) groups is 1. The molecule has 0 radical (unpaired) electrons. The zero-order chi connectivity index (χ0) is 22.6. The van der Waals surface area contributed by atoms with Crippen molar-refractivity contribution in [2.75, 3.05) is 32.1 Å². The number of sulfonamides is 1. The van der Waals surface area contributed by atoms with Crippen LogP contribution in [0.1, 0.15) is 17.8 Å². The number of hydrogen-bond acceptors (Lipinski definition) is 9. The summed E-state index contributed by atoms with van der Waals surface area (Å²) >= 11 is 2.71. The van der Waals surface area contributed by atoms with Crippen LogP contribution in [0.25, 0.3) is 11.5 Å². The molecule has 0 bridgehead atoms. The van der Waals surface area contributed by atoms with Gasteiger partial charge in [-0.2, -0.15) is 4.31 Å². The molecule has 4 rings (SSSR count). The van der Waals surface area contributed by atoms with Crippen LogP contribution < -0.4 is 5.32 Å². The Hall–Kier alpha value is -2.25. The number of benzene rings is 1. The number of aromatic nitrogens is 2. The maximum absolute atomic E-state index is 12.9. The first-order chi connectivity index (χ1) is 15.4. The van der Waals surface area contributed by atoms with E-state index in [1.807, 2.05) is 24.4 Å². The highest BCUT2D eigenvalue weighted by atomic mass is 32.2. The highest BCUT2D eigenvalue weighted by Gasteiger charge is 2.27. The van der Waals surface area contributed by atoms with E-state index in [-0.39, 0.29) is 33.7 Å².